The average Bonchev–Trinajstić information content (AvgIpc) is 3.08. The molecule has 1 atom stereocenters. The van der Waals surface area contributed by atoms with Gasteiger partial charge in [-0.25, -0.2) is 9.78 Å². The average molecular weight is 472 g/mol. The van der Waals surface area contributed by atoms with Gasteiger partial charge in [0.25, 0.3) is 0 Å². The van der Waals surface area contributed by atoms with E-state index in [9.17, 15) is 18.0 Å². The maximum atomic E-state index is 12.3. The Labute approximate surface area is 184 Å². The van der Waals surface area contributed by atoms with Crippen LogP contribution in [0.3, 0.4) is 0 Å². The van der Waals surface area contributed by atoms with E-state index >= 15 is 0 Å². The molecule has 1 aromatic heterocycles. The van der Waals surface area contributed by atoms with Crippen LogP contribution in [0.15, 0.2) is 29.6 Å². The number of carbonyl (C=O) groups excluding carboxylic acids is 2. The summed E-state index contributed by atoms with van der Waals surface area (Å²) in [5, 5.41) is 5.08. The number of nitrogens with one attached hydrogen (secondary N) is 2. The zero-order valence-corrected chi connectivity index (χ0v) is 19.2. The number of anilines is 1. The van der Waals surface area contributed by atoms with Crippen LogP contribution in [0.1, 0.15) is 43.1 Å². The zero-order chi connectivity index (χ0) is 23.2. The minimum absolute atomic E-state index is 0.0241. The number of ether oxygens (including phenoxy) is 2. The normalized spacial score (nSPS) is 12.7. The van der Waals surface area contributed by atoms with E-state index in [0.29, 0.717) is 17.1 Å². The van der Waals surface area contributed by atoms with E-state index in [1.807, 2.05) is 4.72 Å². The molecule has 12 heteroatoms. The standard InChI is InChI=1S/C19H25N3O7S2/c1-19(2,3)29-18(24)21-14(15-11-30-16(20-15)10-17(23)28-4)9-12-5-7-13(8-6-12)22-31(25,26)27/h5-8,11,14,22H,9-10H2,1-4H3,(H,21,24)(H,25,26,27)/t14-/m0/s1. The Bertz CT molecular complexity index is 1010. The van der Waals surface area contributed by atoms with Crippen molar-refractivity contribution in [1.82, 2.24) is 10.3 Å². The highest BCUT2D eigenvalue weighted by Crippen LogP contribution is 2.23. The molecule has 0 unspecified atom stereocenters. The Morgan fingerprint density at radius 3 is 2.42 bits per heavy atom. The van der Waals surface area contributed by atoms with Gasteiger partial charge < -0.3 is 14.8 Å². The number of benzene rings is 1. The summed E-state index contributed by atoms with van der Waals surface area (Å²) in [4.78, 5) is 28.3. The monoisotopic (exact) mass is 471 g/mol. The Morgan fingerprint density at radius 2 is 1.87 bits per heavy atom. The van der Waals surface area contributed by atoms with Crippen LogP contribution in [-0.4, -0.2) is 42.7 Å². The lowest BCUT2D eigenvalue weighted by Gasteiger charge is -2.23. The quantitative estimate of drug-likeness (QED) is 0.394. The molecule has 1 aromatic carbocycles. The van der Waals surface area contributed by atoms with E-state index in [-0.39, 0.29) is 12.1 Å². The molecule has 31 heavy (non-hydrogen) atoms. The third-order valence-electron chi connectivity index (χ3n) is 3.78. The van der Waals surface area contributed by atoms with Gasteiger partial charge >= 0.3 is 22.4 Å². The van der Waals surface area contributed by atoms with Crippen molar-refractivity contribution in [3.8, 4) is 0 Å². The highest BCUT2D eigenvalue weighted by molar-refractivity contribution is 7.87. The van der Waals surface area contributed by atoms with Gasteiger partial charge in [-0.2, -0.15) is 8.42 Å². The minimum atomic E-state index is -4.37. The second-order valence-corrected chi connectivity index (χ2v) is 9.69. The van der Waals surface area contributed by atoms with E-state index < -0.39 is 34.0 Å². The van der Waals surface area contributed by atoms with Crippen molar-refractivity contribution in [1.29, 1.82) is 0 Å². The first kappa shape index (κ1) is 24.6. The third kappa shape index (κ3) is 8.90. The fraction of sp³-hybridized carbons (Fsp3) is 0.421. The van der Waals surface area contributed by atoms with Gasteiger partial charge in [-0.05, 0) is 44.9 Å². The Morgan fingerprint density at radius 1 is 1.23 bits per heavy atom. The molecule has 0 aliphatic carbocycles. The highest BCUT2D eigenvalue weighted by atomic mass is 32.2. The molecule has 1 amide bonds. The van der Waals surface area contributed by atoms with Crippen molar-refractivity contribution in [3.63, 3.8) is 0 Å². The largest absolute Gasteiger partial charge is 0.469 e. The maximum Gasteiger partial charge on any atom is 0.408 e. The number of hydrogen-bond acceptors (Lipinski definition) is 8. The first-order valence-electron chi connectivity index (χ1n) is 9.19. The number of aromatic nitrogens is 1. The molecule has 0 saturated heterocycles. The van der Waals surface area contributed by atoms with E-state index in [4.69, 9.17) is 9.29 Å². The summed E-state index contributed by atoms with van der Waals surface area (Å²) in [6.45, 7) is 5.25. The van der Waals surface area contributed by atoms with Crippen LogP contribution in [0.25, 0.3) is 0 Å². The smallest absolute Gasteiger partial charge is 0.408 e. The predicted octanol–water partition coefficient (Wildman–Crippen LogP) is 2.88. The van der Waals surface area contributed by atoms with Crippen molar-refractivity contribution >= 4 is 39.4 Å². The lowest BCUT2D eigenvalue weighted by Crippen LogP contribution is -2.36. The van der Waals surface area contributed by atoms with Crippen LogP contribution < -0.4 is 10.0 Å². The van der Waals surface area contributed by atoms with Crippen molar-refractivity contribution < 1.29 is 32.0 Å². The van der Waals surface area contributed by atoms with E-state index in [1.165, 1.54) is 30.6 Å². The van der Waals surface area contributed by atoms with Crippen molar-refractivity contribution in [3.05, 3.63) is 45.9 Å². The first-order valence-corrected chi connectivity index (χ1v) is 11.5. The summed E-state index contributed by atoms with van der Waals surface area (Å²) in [6.07, 6.45) is -0.270. The topological polar surface area (TPSA) is 144 Å². The fourth-order valence-corrected chi connectivity index (χ4v) is 3.80. The Hall–Kier alpha value is -2.70. The number of esters is 1. The third-order valence-corrected chi connectivity index (χ3v) is 5.14. The number of nitrogens with zero attached hydrogens (tertiary/aromatic N) is 1. The maximum absolute atomic E-state index is 12.3. The lowest BCUT2D eigenvalue weighted by atomic mass is 10.0. The molecule has 0 fully saturated rings. The molecular formula is C19H25N3O7S2. The van der Waals surface area contributed by atoms with Gasteiger partial charge in [0, 0.05) is 5.38 Å². The summed E-state index contributed by atoms with van der Waals surface area (Å²) < 4.78 is 42.7. The molecule has 0 aliphatic rings. The van der Waals surface area contributed by atoms with Crippen molar-refractivity contribution in [2.24, 2.45) is 0 Å². The molecule has 0 saturated carbocycles. The number of carbonyl (C=O) groups is 2. The molecule has 0 aliphatic heterocycles. The van der Waals surface area contributed by atoms with Crippen LogP contribution in [0.2, 0.25) is 0 Å². The Kier molecular flexibility index (Phi) is 7.98. The number of thiazole rings is 1. The summed E-state index contributed by atoms with van der Waals surface area (Å²) in [5.41, 5.74) is 0.826. The number of hydrogen-bond donors (Lipinski definition) is 3. The van der Waals surface area contributed by atoms with E-state index in [1.54, 1.807) is 38.3 Å². The van der Waals surface area contributed by atoms with Gasteiger partial charge in [0.2, 0.25) is 0 Å². The second kappa shape index (κ2) is 10.1. The van der Waals surface area contributed by atoms with Gasteiger partial charge in [0.05, 0.1) is 31.0 Å². The molecule has 1 heterocycles. The number of alkyl carbamates (subject to hydrolysis) is 1. The van der Waals surface area contributed by atoms with E-state index in [2.05, 4.69) is 15.0 Å². The van der Waals surface area contributed by atoms with Crippen molar-refractivity contribution in [2.45, 2.75) is 45.3 Å². The van der Waals surface area contributed by atoms with Gasteiger partial charge in [-0.1, -0.05) is 12.1 Å². The summed E-state index contributed by atoms with van der Waals surface area (Å²) in [5.74, 6) is -0.417. The molecule has 0 spiro atoms. The van der Waals surface area contributed by atoms with Gasteiger partial charge in [-0.3, -0.25) is 14.1 Å². The molecule has 0 bridgehead atoms. The number of rotatable bonds is 8. The zero-order valence-electron chi connectivity index (χ0n) is 17.5. The summed E-state index contributed by atoms with van der Waals surface area (Å²) in [6, 6.07) is 5.71. The predicted molar refractivity (Wildman–Crippen MR) is 115 cm³/mol. The molecule has 10 nitrogen and oxygen atoms in total. The molecule has 170 valence electrons. The molecule has 3 N–H and O–H groups in total. The van der Waals surface area contributed by atoms with Crippen LogP contribution >= 0.6 is 11.3 Å². The second-order valence-electron chi connectivity index (χ2n) is 7.60. The van der Waals surface area contributed by atoms with Crippen LogP contribution in [0.5, 0.6) is 0 Å². The number of amides is 1. The van der Waals surface area contributed by atoms with E-state index in [0.717, 1.165) is 5.56 Å². The Balaban J connectivity index is 2.21. The fourth-order valence-electron chi connectivity index (χ4n) is 2.53. The van der Waals surface area contributed by atoms with Crippen LogP contribution in [0, 0.1) is 0 Å². The molecule has 0 radical (unpaired) electrons. The molecular weight excluding hydrogens is 446 g/mol. The van der Waals surface area contributed by atoms with Crippen LogP contribution in [-0.2, 0) is 37.4 Å². The summed E-state index contributed by atoms with van der Waals surface area (Å²) in [7, 11) is -3.07. The van der Waals surface area contributed by atoms with Crippen LogP contribution in [0.4, 0.5) is 10.5 Å². The first-order chi connectivity index (χ1) is 14.3. The van der Waals surface area contributed by atoms with Gasteiger partial charge in [0.1, 0.15) is 10.6 Å². The minimum Gasteiger partial charge on any atom is -0.469 e. The molecule has 2 rings (SSSR count). The lowest BCUT2D eigenvalue weighted by molar-refractivity contribution is -0.139. The molecule has 2 aromatic rings. The van der Waals surface area contributed by atoms with Gasteiger partial charge in [0.15, 0.2) is 0 Å². The highest BCUT2D eigenvalue weighted by Gasteiger charge is 2.23. The SMILES string of the molecule is COC(=O)Cc1nc([C@H](Cc2ccc(NS(=O)(=O)O)cc2)NC(=O)OC(C)(C)C)cs1. The number of methoxy groups -OCH3 is 1. The van der Waals surface area contributed by atoms with Gasteiger partial charge in [-0.15, -0.1) is 11.3 Å². The van der Waals surface area contributed by atoms with Crippen molar-refractivity contribution in [2.75, 3.05) is 11.8 Å². The summed E-state index contributed by atoms with van der Waals surface area (Å²) >= 11 is 1.27.